The molecule has 0 spiro atoms. The summed E-state index contributed by atoms with van der Waals surface area (Å²) in [6, 6.07) is 6.12. The summed E-state index contributed by atoms with van der Waals surface area (Å²) < 4.78 is 0. The van der Waals surface area contributed by atoms with Crippen LogP contribution in [-0.4, -0.2) is 81.4 Å². The van der Waals surface area contributed by atoms with Crippen molar-refractivity contribution >= 4 is 24.2 Å². The van der Waals surface area contributed by atoms with Crippen LogP contribution in [0.4, 0.5) is 0 Å². The standard InChI is InChI=1S/C22H33N3O4.ClH/c1-3-12-23(13-4-2)14-7-15-24-19(26)11-10-18(22(24)29)25-20(27)16-8-5-6-9-17(16)21(25)28;/h5-6,8-9,18-19,22,26,29H,3-4,7,10-15H2,1-2H3;1H. The highest BCUT2D eigenvalue weighted by Gasteiger charge is 2.46. The molecule has 7 nitrogen and oxygen atoms in total. The van der Waals surface area contributed by atoms with Crippen molar-refractivity contribution in [3.63, 3.8) is 0 Å². The molecule has 2 N–H and O–H groups in total. The van der Waals surface area contributed by atoms with Crippen LogP contribution in [0.15, 0.2) is 24.3 Å². The molecule has 2 aliphatic rings. The summed E-state index contributed by atoms with van der Waals surface area (Å²) in [7, 11) is 0. The molecule has 0 radical (unpaired) electrons. The van der Waals surface area contributed by atoms with E-state index in [0.717, 1.165) is 38.9 Å². The SMILES string of the molecule is CCCN(CCC)CCCN1C(O)CCC(N2C(=O)c3ccccc3C2=O)C1O.Cl. The molecule has 30 heavy (non-hydrogen) atoms. The molecule has 2 aliphatic heterocycles. The number of fused-ring (bicyclic) bond motifs is 1. The van der Waals surface area contributed by atoms with Gasteiger partial charge < -0.3 is 15.1 Å². The van der Waals surface area contributed by atoms with Gasteiger partial charge in [-0.15, -0.1) is 12.4 Å². The lowest BCUT2D eigenvalue weighted by Gasteiger charge is -2.44. The molecule has 1 fully saturated rings. The molecule has 168 valence electrons. The van der Waals surface area contributed by atoms with Crippen LogP contribution in [0.5, 0.6) is 0 Å². The molecular formula is C22H34ClN3O4. The number of halogens is 1. The topological polar surface area (TPSA) is 84.3 Å². The van der Waals surface area contributed by atoms with Gasteiger partial charge >= 0.3 is 0 Å². The van der Waals surface area contributed by atoms with Gasteiger partial charge in [0.2, 0.25) is 0 Å². The van der Waals surface area contributed by atoms with Crippen molar-refractivity contribution < 1.29 is 19.8 Å². The first-order chi connectivity index (χ1) is 14.0. The number of likely N-dealkylation sites (tertiary alicyclic amines) is 1. The first-order valence-electron chi connectivity index (χ1n) is 10.8. The molecule has 1 aromatic rings. The zero-order valence-corrected chi connectivity index (χ0v) is 18.7. The highest BCUT2D eigenvalue weighted by molar-refractivity contribution is 6.21. The van der Waals surface area contributed by atoms with E-state index in [9.17, 15) is 19.8 Å². The van der Waals surface area contributed by atoms with Crippen LogP contribution >= 0.6 is 12.4 Å². The fourth-order valence-electron chi connectivity index (χ4n) is 4.53. The van der Waals surface area contributed by atoms with E-state index in [4.69, 9.17) is 0 Å². The van der Waals surface area contributed by atoms with Gasteiger partial charge in [0.15, 0.2) is 0 Å². The molecule has 0 aliphatic carbocycles. The molecule has 0 aromatic heterocycles. The molecule has 2 heterocycles. The fourth-order valence-corrected chi connectivity index (χ4v) is 4.53. The van der Waals surface area contributed by atoms with Crippen LogP contribution in [0, 0.1) is 0 Å². The van der Waals surface area contributed by atoms with Gasteiger partial charge in [0, 0.05) is 6.54 Å². The van der Waals surface area contributed by atoms with Gasteiger partial charge in [-0.05, 0) is 63.9 Å². The summed E-state index contributed by atoms with van der Waals surface area (Å²) in [5.41, 5.74) is 0.772. The highest BCUT2D eigenvalue weighted by Crippen LogP contribution is 2.31. The summed E-state index contributed by atoms with van der Waals surface area (Å²) in [6.07, 6.45) is 1.98. The van der Waals surface area contributed by atoms with E-state index < -0.39 is 18.5 Å². The first kappa shape index (κ1) is 24.8. The molecule has 3 unspecified atom stereocenters. The Labute approximate surface area is 185 Å². The van der Waals surface area contributed by atoms with Crippen molar-refractivity contribution in [2.75, 3.05) is 26.2 Å². The van der Waals surface area contributed by atoms with Crippen molar-refractivity contribution in [2.24, 2.45) is 0 Å². The number of aliphatic hydroxyl groups is 2. The number of imide groups is 1. The minimum Gasteiger partial charge on any atom is -0.378 e. The van der Waals surface area contributed by atoms with Gasteiger partial charge in [-0.2, -0.15) is 0 Å². The molecule has 1 aromatic carbocycles. The third-order valence-corrected chi connectivity index (χ3v) is 5.91. The van der Waals surface area contributed by atoms with E-state index >= 15 is 0 Å². The lowest BCUT2D eigenvalue weighted by atomic mass is 10.00. The Morgan fingerprint density at radius 2 is 1.53 bits per heavy atom. The van der Waals surface area contributed by atoms with Crippen molar-refractivity contribution in [1.82, 2.24) is 14.7 Å². The Hall–Kier alpha value is -1.51. The Morgan fingerprint density at radius 1 is 0.967 bits per heavy atom. The number of carbonyl (C=O) groups excluding carboxylic acids is 2. The summed E-state index contributed by atoms with van der Waals surface area (Å²) in [5.74, 6) is -0.717. The number of carbonyl (C=O) groups is 2. The largest absolute Gasteiger partial charge is 0.378 e. The highest BCUT2D eigenvalue weighted by atomic mass is 35.5. The molecule has 1 saturated heterocycles. The number of benzene rings is 1. The lowest BCUT2D eigenvalue weighted by Crippen LogP contribution is -2.60. The fraction of sp³-hybridized carbons (Fsp3) is 0.636. The van der Waals surface area contributed by atoms with Crippen molar-refractivity contribution in [3.05, 3.63) is 35.4 Å². The maximum Gasteiger partial charge on any atom is 0.261 e. The van der Waals surface area contributed by atoms with Gasteiger partial charge in [0.1, 0.15) is 12.5 Å². The molecule has 0 saturated carbocycles. The summed E-state index contributed by atoms with van der Waals surface area (Å²) >= 11 is 0. The van der Waals surface area contributed by atoms with Crippen molar-refractivity contribution in [1.29, 1.82) is 0 Å². The van der Waals surface area contributed by atoms with Crippen LogP contribution in [0.2, 0.25) is 0 Å². The summed E-state index contributed by atoms with van der Waals surface area (Å²) in [6.45, 7) is 7.81. The molecule has 8 heteroatoms. The predicted octanol–water partition coefficient (Wildman–Crippen LogP) is 2.32. The second-order valence-electron chi connectivity index (χ2n) is 8.00. The number of piperidine rings is 1. The van der Waals surface area contributed by atoms with E-state index in [-0.39, 0.29) is 24.2 Å². The maximum absolute atomic E-state index is 12.8. The third kappa shape index (κ3) is 5.03. The van der Waals surface area contributed by atoms with E-state index in [0.29, 0.717) is 30.5 Å². The Bertz CT molecular complexity index is 691. The molecule has 0 bridgehead atoms. The monoisotopic (exact) mass is 439 g/mol. The van der Waals surface area contributed by atoms with Crippen LogP contribution < -0.4 is 0 Å². The van der Waals surface area contributed by atoms with E-state index in [2.05, 4.69) is 18.7 Å². The Balaban J connectivity index is 0.00000320. The Morgan fingerprint density at radius 3 is 2.07 bits per heavy atom. The minimum atomic E-state index is -1.06. The first-order valence-corrected chi connectivity index (χ1v) is 10.8. The minimum absolute atomic E-state index is 0. The summed E-state index contributed by atoms with van der Waals surface area (Å²) in [4.78, 5) is 30.8. The molecule has 3 rings (SSSR count). The number of rotatable bonds is 9. The quantitative estimate of drug-likeness (QED) is 0.574. The van der Waals surface area contributed by atoms with Crippen LogP contribution in [0.25, 0.3) is 0 Å². The zero-order valence-electron chi connectivity index (χ0n) is 17.9. The van der Waals surface area contributed by atoms with E-state index in [1.54, 1.807) is 29.2 Å². The van der Waals surface area contributed by atoms with Crippen molar-refractivity contribution in [2.45, 2.75) is 64.4 Å². The van der Waals surface area contributed by atoms with E-state index in [1.807, 2.05) is 0 Å². The normalized spacial score (nSPS) is 24.3. The maximum atomic E-state index is 12.8. The van der Waals surface area contributed by atoms with Crippen molar-refractivity contribution in [3.8, 4) is 0 Å². The average molecular weight is 440 g/mol. The van der Waals surface area contributed by atoms with Gasteiger partial charge in [-0.3, -0.25) is 19.4 Å². The number of nitrogens with zero attached hydrogens (tertiary/aromatic N) is 3. The average Bonchev–Trinajstić information content (AvgIpc) is 2.96. The predicted molar refractivity (Wildman–Crippen MR) is 118 cm³/mol. The van der Waals surface area contributed by atoms with Gasteiger partial charge in [0.05, 0.1) is 17.2 Å². The second-order valence-corrected chi connectivity index (χ2v) is 8.00. The Kier molecular flexibility index (Phi) is 9.25. The molecule has 3 atom stereocenters. The van der Waals surface area contributed by atoms with Gasteiger partial charge in [0.25, 0.3) is 11.8 Å². The third-order valence-electron chi connectivity index (χ3n) is 5.91. The van der Waals surface area contributed by atoms with Gasteiger partial charge in [-0.1, -0.05) is 26.0 Å². The molecular weight excluding hydrogens is 406 g/mol. The second kappa shape index (κ2) is 11.2. The van der Waals surface area contributed by atoms with Crippen LogP contribution in [0.3, 0.4) is 0 Å². The number of amides is 2. The smallest absolute Gasteiger partial charge is 0.261 e. The van der Waals surface area contributed by atoms with Crippen LogP contribution in [-0.2, 0) is 0 Å². The number of aliphatic hydroxyl groups excluding tert-OH is 2. The number of hydrogen-bond donors (Lipinski definition) is 2. The van der Waals surface area contributed by atoms with Gasteiger partial charge in [-0.25, -0.2) is 0 Å². The van der Waals surface area contributed by atoms with Crippen LogP contribution in [0.1, 0.15) is 66.7 Å². The summed E-state index contributed by atoms with van der Waals surface area (Å²) in [5, 5.41) is 21.4. The number of hydrogen-bond acceptors (Lipinski definition) is 6. The van der Waals surface area contributed by atoms with E-state index in [1.165, 1.54) is 4.90 Å². The lowest BCUT2D eigenvalue weighted by molar-refractivity contribution is -0.155. The zero-order chi connectivity index (χ0) is 21.0. The molecule has 2 amide bonds.